The Morgan fingerprint density at radius 2 is 1.78 bits per heavy atom. The minimum Gasteiger partial charge on any atom is -0.492 e. The summed E-state index contributed by atoms with van der Waals surface area (Å²) >= 11 is 0. The Kier molecular flexibility index (Phi) is 6.19. The van der Waals surface area contributed by atoms with Gasteiger partial charge in [-0.05, 0) is 58.0 Å². The molecule has 0 aliphatic rings. The fraction of sp³-hybridized carbons (Fsp3) is 0.286. The van der Waals surface area contributed by atoms with Gasteiger partial charge < -0.3 is 9.47 Å². The van der Waals surface area contributed by atoms with Crippen molar-refractivity contribution in [2.24, 2.45) is 0 Å². The molecule has 2 aromatic rings. The quantitative estimate of drug-likeness (QED) is 0.347. The van der Waals surface area contributed by atoms with Crippen LogP contribution in [0, 0.1) is 22.0 Å². The molecule has 27 heavy (non-hydrogen) atoms. The number of hydrogen-bond donors (Lipinski definition) is 0. The zero-order valence-corrected chi connectivity index (χ0v) is 15.7. The van der Waals surface area contributed by atoms with Crippen LogP contribution in [0.5, 0.6) is 5.75 Å². The number of rotatable bonds is 4. The maximum atomic E-state index is 12.0. The second-order valence-electron chi connectivity index (χ2n) is 6.70. The summed E-state index contributed by atoms with van der Waals surface area (Å²) in [7, 11) is 0. The molecule has 0 unspecified atom stereocenters. The highest BCUT2D eigenvalue weighted by molar-refractivity contribution is 5.89. The number of hydrogen-bond acceptors (Lipinski definition) is 5. The van der Waals surface area contributed by atoms with Gasteiger partial charge in [-0.1, -0.05) is 11.8 Å². The third-order valence-electron chi connectivity index (χ3n) is 3.34. The molecule has 6 heteroatoms. The van der Waals surface area contributed by atoms with Gasteiger partial charge in [-0.15, -0.1) is 0 Å². The van der Waals surface area contributed by atoms with Crippen LogP contribution in [0.15, 0.2) is 42.5 Å². The zero-order valence-electron chi connectivity index (χ0n) is 15.7. The first-order valence-electron chi connectivity index (χ1n) is 8.46. The van der Waals surface area contributed by atoms with Gasteiger partial charge in [0.05, 0.1) is 28.7 Å². The Balaban J connectivity index is 2.22. The highest BCUT2D eigenvalue weighted by Gasteiger charge is 2.17. The Bertz CT molecular complexity index is 899. The molecule has 2 aromatic carbocycles. The summed E-state index contributed by atoms with van der Waals surface area (Å²) in [5.74, 6) is 5.90. The van der Waals surface area contributed by atoms with Crippen LogP contribution in [0.2, 0.25) is 0 Å². The van der Waals surface area contributed by atoms with E-state index in [1.54, 1.807) is 37.3 Å². The van der Waals surface area contributed by atoms with Gasteiger partial charge in [0.2, 0.25) is 0 Å². The predicted octanol–water partition coefficient (Wildman–Crippen LogP) is 4.35. The standard InChI is InChI=1S/C21H21NO5/c1-5-26-19-14-18(22(24)25)13-12-16(19)9-6-15-7-10-17(11-8-15)20(23)27-21(2,3)4/h7-8,10-14H,5H2,1-4H3. The van der Waals surface area contributed by atoms with Crippen molar-refractivity contribution >= 4 is 11.7 Å². The van der Waals surface area contributed by atoms with Crippen LogP contribution >= 0.6 is 0 Å². The van der Waals surface area contributed by atoms with E-state index in [9.17, 15) is 14.9 Å². The largest absolute Gasteiger partial charge is 0.492 e. The lowest BCUT2D eigenvalue weighted by atomic mass is 10.1. The third-order valence-corrected chi connectivity index (χ3v) is 3.34. The molecule has 140 valence electrons. The highest BCUT2D eigenvalue weighted by Crippen LogP contribution is 2.24. The van der Waals surface area contributed by atoms with E-state index >= 15 is 0 Å². The maximum Gasteiger partial charge on any atom is 0.338 e. The van der Waals surface area contributed by atoms with E-state index < -0.39 is 16.5 Å². The molecule has 0 aliphatic carbocycles. The van der Waals surface area contributed by atoms with E-state index in [1.165, 1.54) is 12.1 Å². The van der Waals surface area contributed by atoms with Crippen molar-refractivity contribution in [2.75, 3.05) is 6.61 Å². The summed E-state index contributed by atoms with van der Waals surface area (Å²) in [6.07, 6.45) is 0. The Morgan fingerprint density at radius 3 is 2.33 bits per heavy atom. The van der Waals surface area contributed by atoms with Gasteiger partial charge in [-0.25, -0.2) is 4.79 Å². The van der Waals surface area contributed by atoms with Gasteiger partial charge in [0.1, 0.15) is 11.4 Å². The van der Waals surface area contributed by atoms with Gasteiger partial charge in [-0.3, -0.25) is 10.1 Å². The van der Waals surface area contributed by atoms with Gasteiger partial charge in [0.15, 0.2) is 0 Å². The highest BCUT2D eigenvalue weighted by atomic mass is 16.6. The lowest BCUT2D eigenvalue weighted by molar-refractivity contribution is -0.384. The normalized spacial score (nSPS) is 10.5. The molecule has 0 aliphatic heterocycles. The third kappa shape index (κ3) is 5.86. The van der Waals surface area contributed by atoms with Crippen LogP contribution in [0.3, 0.4) is 0 Å². The number of nitro benzene ring substituents is 1. The Labute approximate surface area is 158 Å². The van der Waals surface area contributed by atoms with Crippen molar-refractivity contribution in [3.05, 3.63) is 69.3 Å². The molecular weight excluding hydrogens is 346 g/mol. The first-order chi connectivity index (χ1) is 12.7. The summed E-state index contributed by atoms with van der Waals surface area (Å²) in [5, 5.41) is 10.9. The SMILES string of the molecule is CCOc1cc([N+](=O)[O-])ccc1C#Cc1ccc(C(=O)OC(C)(C)C)cc1. The lowest BCUT2D eigenvalue weighted by Crippen LogP contribution is -2.23. The number of carbonyl (C=O) groups is 1. The summed E-state index contributed by atoms with van der Waals surface area (Å²) in [6, 6.07) is 11.0. The number of carbonyl (C=O) groups excluding carboxylic acids is 1. The van der Waals surface area contributed by atoms with E-state index in [4.69, 9.17) is 9.47 Å². The number of ether oxygens (including phenoxy) is 2. The lowest BCUT2D eigenvalue weighted by Gasteiger charge is -2.19. The van der Waals surface area contributed by atoms with Crippen LogP contribution < -0.4 is 4.74 Å². The average Bonchev–Trinajstić information content (AvgIpc) is 2.59. The molecule has 0 saturated carbocycles. The van der Waals surface area contributed by atoms with Gasteiger partial charge >= 0.3 is 5.97 Å². The average molecular weight is 367 g/mol. The van der Waals surface area contributed by atoms with Crippen molar-refractivity contribution in [3.8, 4) is 17.6 Å². The van der Waals surface area contributed by atoms with Crippen molar-refractivity contribution in [1.29, 1.82) is 0 Å². The molecule has 0 aromatic heterocycles. The van der Waals surface area contributed by atoms with E-state index in [-0.39, 0.29) is 5.69 Å². The second-order valence-corrected chi connectivity index (χ2v) is 6.70. The van der Waals surface area contributed by atoms with E-state index in [0.717, 1.165) is 0 Å². The Morgan fingerprint density at radius 1 is 1.11 bits per heavy atom. The fourth-order valence-electron chi connectivity index (χ4n) is 2.17. The predicted molar refractivity (Wildman–Crippen MR) is 102 cm³/mol. The minimum absolute atomic E-state index is 0.0503. The topological polar surface area (TPSA) is 78.7 Å². The summed E-state index contributed by atoms with van der Waals surface area (Å²) in [5.41, 5.74) is 1.09. The van der Waals surface area contributed by atoms with Crippen molar-refractivity contribution < 1.29 is 19.2 Å². The van der Waals surface area contributed by atoms with Gasteiger partial charge in [0, 0.05) is 11.6 Å². The number of esters is 1. The van der Waals surface area contributed by atoms with Gasteiger partial charge in [-0.2, -0.15) is 0 Å². The molecule has 0 radical (unpaired) electrons. The summed E-state index contributed by atoms with van der Waals surface area (Å²) < 4.78 is 10.8. The Hall–Kier alpha value is -3.33. The van der Waals surface area contributed by atoms with Crippen LogP contribution in [0.4, 0.5) is 5.69 Å². The molecule has 0 N–H and O–H groups in total. The molecule has 0 atom stereocenters. The number of non-ortho nitro benzene ring substituents is 1. The molecule has 0 spiro atoms. The number of benzene rings is 2. The minimum atomic E-state index is -0.554. The van der Waals surface area contributed by atoms with Crippen LogP contribution in [0.1, 0.15) is 49.2 Å². The molecule has 2 rings (SSSR count). The van der Waals surface area contributed by atoms with E-state index in [1.807, 2.05) is 20.8 Å². The monoisotopic (exact) mass is 367 g/mol. The first kappa shape index (κ1) is 20.0. The van der Waals surface area contributed by atoms with Crippen LogP contribution in [-0.4, -0.2) is 23.1 Å². The fourth-order valence-corrected chi connectivity index (χ4v) is 2.17. The van der Waals surface area contributed by atoms with E-state index in [2.05, 4.69) is 11.8 Å². The molecule has 0 bridgehead atoms. The van der Waals surface area contributed by atoms with Crippen LogP contribution in [-0.2, 0) is 4.74 Å². The van der Waals surface area contributed by atoms with Crippen molar-refractivity contribution in [1.82, 2.24) is 0 Å². The second kappa shape index (κ2) is 8.37. The van der Waals surface area contributed by atoms with Crippen molar-refractivity contribution in [2.45, 2.75) is 33.3 Å². The molecule has 0 amide bonds. The number of nitro groups is 1. The molecule has 0 heterocycles. The smallest absolute Gasteiger partial charge is 0.338 e. The maximum absolute atomic E-state index is 12.0. The van der Waals surface area contributed by atoms with E-state index in [0.29, 0.717) is 29.0 Å². The number of nitrogens with zero attached hydrogens (tertiary/aromatic N) is 1. The first-order valence-corrected chi connectivity index (χ1v) is 8.46. The summed E-state index contributed by atoms with van der Waals surface area (Å²) in [6.45, 7) is 7.60. The van der Waals surface area contributed by atoms with Crippen LogP contribution in [0.25, 0.3) is 0 Å². The molecule has 0 fully saturated rings. The molecule has 6 nitrogen and oxygen atoms in total. The molecular formula is C21H21NO5. The zero-order chi connectivity index (χ0) is 20.0. The molecule has 0 saturated heterocycles. The van der Waals surface area contributed by atoms with Crippen molar-refractivity contribution in [3.63, 3.8) is 0 Å². The summed E-state index contributed by atoms with van der Waals surface area (Å²) in [4.78, 5) is 22.4. The van der Waals surface area contributed by atoms with Gasteiger partial charge in [0.25, 0.3) is 5.69 Å².